The van der Waals surface area contributed by atoms with Crippen molar-refractivity contribution in [3.05, 3.63) is 25.2 Å². The normalized spacial score (nSPS) is 11.2. The number of anilines is 1. The van der Waals surface area contributed by atoms with E-state index in [0.29, 0.717) is 13.1 Å². The number of allylic oxidation sites excluding steroid dienone is 1. The maximum absolute atomic E-state index is 4.72. The molecule has 0 fully saturated rings. The molecule has 28 heavy (non-hydrogen) atoms. The molecular weight excluding hydrogens is 467 g/mol. The summed E-state index contributed by atoms with van der Waals surface area (Å²) in [6.45, 7) is 9.07. The maximum atomic E-state index is 4.72. The number of nitrogens with one attached hydrogen (secondary N) is 2. The van der Waals surface area contributed by atoms with E-state index in [1.54, 1.807) is 17.2 Å². The van der Waals surface area contributed by atoms with Crippen molar-refractivity contribution in [1.82, 2.24) is 30.0 Å². The van der Waals surface area contributed by atoms with E-state index in [2.05, 4.69) is 51.2 Å². The van der Waals surface area contributed by atoms with Crippen LogP contribution in [0.1, 0.15) is 32.6 Å². The zero-order valence-electron chi connectivity index (χ0n) is 17.2. The molecule has 0 aromatic carbocycles. The van der Waals surface area contributed by atoms with Crippen LogP contribution < -0.4 is 10.6 Å². The lowest BCUT2D eigenvalue weighted by molar-refractivity contribution is 0.455. The molecule has 2 heterocycles. The standard InChI is InChI=1S/C19H32N8.HI/c1-5-7-8-9-10-13-26(3)19(20-6-2)22-12-11-21-17-16-14-25-27(4)18(16)24-15-23-17;/h5,14-15H,1,6-13H2,2-4H3,(H,20,22)(H,21,23,24);1H. The number of fused-ring (bicyclic) bond motifs is 1. The van der Waals surface area contributed by atoms with Gasteiger partial charge in [-0.1, -0.05) is 12.5 Å². The van der Waals surface area contributed by atoms with Crippen LogP contribution in [0.3, 0.4) is 0 Å². The van der Waals surface area contributed by atoms with Gasteiger partial charge in [0.2, 0.25) is 0 Å². The van der Waals surface area contributed by atoms with Crippen molar-refractivity contribution < 1.29 is 0 Å². The van der Waals surface area contributed by atoms with Gasteiger partial charge in [-0.05, 0) is 26.2 Å². The highest BCUT2D eigenvalue weighted by Gasteiger charge is 2.07. The smallest absolute Gasteiger partial charge is 0.193 e. The summed E-state index contributed by atoms with van der Waals surface area (Å²) in [6.07, 6.45) is 10.00. The highest BCUT2D eigenvalue weighted by atomic mass is 127. The van der Waals surface area contributed by atoms with Gasteiger partial charge in [-0.3, -0.25) is 9.67 Å². The lowest BCUT2D eigenvalue weighted by atomic mass is 10.2. The molecule has 0 spiro atoms. The van der Waals surface area contributed by atoms with Gasteiger partial charge in [-0.15, -0.1) is 30.6 Å². The van der Waals surface area contributed by atoms with Gasteiger partial charge in [0.25, 0.3) is 0 Å². The molecule has 8 nitrogen and oxygen atoms in total. The van der Waals surface area contributed by atoms with Crippen molar-refractivity contribution >= 4 is 46.8 Å². The fourth-order valence-electron chi connectivity index (χ4n) is 2.83. The SMILES string of the molecule is C=CCCCCCN(C)C(=NCCNc1ncnc2c1cnn2C)NCC.I. The molecule has 0 aliphatic carbocycles. The zero-order valence-corrected chi connectivity index (χ0v) is 19.5. The van der Waals surface area contributed by atoms with Crippen molar-refractivity contribution in [2.45, 2.75) is 32.6 Å². The number of halogens is 1. The van der Waals surface area contributed by atoms with Crippen LogP contribution in [0.15, 0.2) is 30.2 Å². The molecule has 2 aromatic heterocycles. The quantitative estimate of drug-likeness (QED) is 0.162. The molecule has 0 aliphatic heterocycles. The third kappa shape index (κ3) is 7.25. The highest BCUT2D eigenvalue weighted by molar-refractivity contribution is 14.0. The first-order valence-corrected chi connectivity index (χ1v) is 9.64. The number of rotatable bonds is 11. The number of unbranched alkanes of at least 4 members (excludes halogenated alkanes) is 3. The second kappa shape index (κ2) is 13.3. The summed E-state index contributed by atoms with van der Waals surface area (Å²) in [5.74, 6) is 1.74. The highest BCUT2D eigenvalue weighted by Crippen LogP contribution is 2.17. The number of aryl methyl sites for hydroxylation is 1. The lowest BCUT2D eigenvalue weighted by Crippen LogP contribution is -2.39. The second-order valence-electron chi connectivity index (χ2n) is 6.45. The minimum Gasteiger partial charge on any atom is -0.367 e. The molecule has 2 N–H and O–H groups in total. The predicted molar refractivity (Wildman–Crippen MR) is 127 cm³/mol. The van der Waals surface area contributed by atoms with E-state index in [1.807, 2.05) is 13.1 Å². The van der Waals surface area contributed by atoms with Gasteiger partial charge in [0.15, 0.2) is 11.6 Å². The molecule has 2 rings (SSSR count). The fraction of sp³-hybridized carbons (Fsp3) is 0.579. The van der Waals surface area contributed by atoms with Crippen LogP contribution in [-0.4, -0.2) is 63.8 Å². The maximum Gasteiger partial charge on any atom is 0.193 e. The molecule has 2 aromatic rings. The average molecular weight is 500 g/mol. The summed E-state index contributed by atoms with van der Waals surface area (Å²) in [5.41, 5.74) is 0.820. The van der Waals surface area contributed by atoms with Crippen molar-refractivity contribution in [3.8, 4) is 0 Å². The molecule has 0 amide bonds. The summed E-state index contributed by atoms with van der Waals surface area (Å²) in [5, 5.41) is 11.9. The molecule has 0 radical (unpaired) electrons. The van der Waals surface area contributed by atoms with Gasteiger partial charge in [-0.25, -0.2) is 9.97 Å². The fourth-order valence-corrected chi connectivity index (χ4v) is 2.83. The summed E-state index contributed by atoms with van der Waals surface area (Å²) in [6, 6.07) is 0. The number of guanidine groups is 1. The molecule has 0 saturated carbocycles. The number of nitrogens with zero attached hydrogens (tertiary/aromatic N) is 6. The van der Waals surface area contributed by atoms with Gasteiger partial charge in [-0.2, -0.15) is 5.10 Å². The van der Waals surface area contributed by atoms with E-state index in [4.69, 9.17) is 4.99 Å². The van der Waals surface area contributed by atoms with Gasteiger partial charge < -0.3 is 15.5 Å². The summed E-state index contributed by atoms with van der Waals surface area (Å²) < 4.78 is 1.74. The number of hydrogen-bond donors (Lipinski definition) is 2. The van der Waals surface area contributed by atoms with E-state index >= 15 is 0 Å². The van der Waals surface area contributed by atoms with Gasteiger partial charge >= 0.3 is 0 Å². The third-order valence-corrected chi connectivity index (χ3v) is 4.29. The average Bonchev–Trinajstić information content (AvgIpc) is 3.06. The molecule has 0 unspecified atom stereocenters. The Labute approximate surface area is 184 Å². The Morgan fingerprint density at radius 3 is 2.89 bits per heavy atom. The zero-order chi connectivity index (χ0) is 19.5. The van der Waals surface area contributed by atoms with Crippen molar-refractivity contribution in [3.63, 3.8) is 0 Å². The Bertz CT molecular complexity index is 743. The molecular formula is C19H33IN8. The minimum atomic E-state index is 0. The Morgan fingerprint density at radius 1 is 1.32 bits per heavy atom. The molecule has 0 aliphatic rings. The molecule has 156 valence electrons. The molecule has 0 atom stereocenters. The molecule has 0 saturated heterocycles. The summed E-state index contributed by atoms with van der Waals surface area (Å²) in [7, 11) is 3.96. The first-order chi connectivity index (χ1) is 13.2. The van der Waals surface area contributed by atoms with Crippen molar-refractivity contribution in [1.29, 1.82) is 0 Å². The molecule has 9 heteroatoms. The monoisotopic (exact) mass is 500 g/mol. The van der Waals surface area contributed by atoms with E-state index in [9.17, 15) is 0 Å². The number of aromatic nitrogens is 4. The van der Waals surface area contributed by atoms with Crippen LogP contribution >= 0.6 is 24.0 Å². The van der Waals surface area contributed by atoms with Crippen LogP contribution in [0.4, 0.5) is 5.82 Å². The second-order valence-corrected chi connectivity index (χ2v) is 6.45. The van der Waals surface area contributed by atoms with E-state index in [-0.39, 0.29) is 24.0 Å². The van der Waals surface area contributed by atoms with Gasteiger partial charge in [0.1, 0.15) is 12.1 Å². The van der Waals surface area contributed by atoms with Crippen LogP contribution in [0.2, 0.25) is 0 Å². The third-order valence-electron chi connectivity index (χ3n) is 4.29. The number of aliphatic imine (C=N–C) groups is 1. The van der Waals surface area contributed by atoms with Gasteiger partial charge in [0, 0.05) is 33.7 Å². The van der Waals surface area contributed by atoms with Crippen LogP contribution in [0.5, 0.6) is 0 Å². The van der Waals surface area contributed by atoms with Crippen molar-refractivity contribution in [2.75, 3.05) is 38.5 Å². The van der Waals surface area contributed by atoms with E-state index < -0.39 is 0 Å². The minimum absolute atomic E-state index is 0. The van der Waals surface area contributed by atoms with E-state index in [0.717, 1.165) is 48.7 Å². The number of hydrogen-bond acceptors (Lipinski definition) is 5. The van der Waals surface area contributed by atoms with Gasteiger partial charge in [0.05, 0.1) is 18.1 Å². The predicted octanol–water partition coefficient (Wildman–Crippen LogP) is 3.04. The van der Waals surface area contributed by atoms with Crippen LogP contribution in [0.25, 0.3) is 11.0 Å². The Balaban J connectivity index is 0.00000392. The summed E-state index contributed by atoms with van der Waals surface area (Å²) in [4.78, 5) is 15.5. The van der Waals surface area contributed by atoms with Crippen molar-refractivity contribution in [2.24, 2.45) is 12.0 Å². The lowest BCUT2D eigenvalue weighted by Gasteiger charge is -2.22. The topological polar surface area (TPSA) is 83.3 Å². The van der Waals surface area contributed by atoms with Crippen LogP contribution in [0, 0.1) is 0 Å². The Kier molecular flexibility index (Phi) is 11.5. The largest absolute Gasteiger partial charge is 0.367 e. The first kappa shape index (κ1) is 24.1. The van der Waals surface area contributed by atoms with Crippen LogP contribution in [-0.2, 0) is 7.05 Å². The Hall–Kier alpha value is -1.91. The van der Waals surface area contributed by atoms with E-state index in [1.165, 1.54) is 12.8 Å². The first-order valence-electron chi connectivity index (χ1n) is 9.64. The molecule has 0 bridgehead atoms. The summed E-state index contributed by atoms with van der Waals surface area (Å²) >= 11 is 0. The Morgan fingerprint density at radius 2 is 2.14 bits per heavy atom.